The van der Waals surface area contributed by atoms with E-state index in [0.717, 1.165) is 0 Å². The molecule has 0 radical (unpaired) electrons. The summed E-state index contributed by atoms with van der Waals surface area (Å²) >= 11 is 0. The molecular formula is C63H54O20P+. The summed E-state index contributed by atoms with van der Waals surface area (Å²) in [6.07, 6.45) is -19.3. The van der Waals surface area contributed by atoms with E-state index in [9.17, 15) is 38.1 Å². The summed E-state index contributed by atoms with van der Waals surface area (Å²) in [5, 5.41) is 0. The van der Waals surface area contributed by atoms with Crippen LogP contribution in [0.5, 0.6) is 0 Å². The Labute approximate surface area is 482 Å². The normalized spacial score (nSPS) is 21.9. The first-order chi connectivity index (χ1) is 40.9. The number of ether oxygens (including phenoxy) is 10. The van der Waals surface area contributed by atoms with Gasteiger partial charge in [-0.1, -0.05) is 132 Å². The Bertz CT molecular complexity index is 3340. The molecule has 2 heterocycles. The number of hydrogen-bond acceptors (Lipinski definition) is 20. The van der Waals surface area contributed by atoms with Crippen LogP contribution in [-0.2, 0) is 61.0 Å². The van der Waals surface area contributed by atoms with E-state index in [0.29, 0.717) is 0 Å². The number of carbonyl (C=O) groups excluding carboxylic acids is 7. The van der Waals surface area contributed by atoms with Crippen LogP contribution in [0.3, 0.4) is 0 Å². The van der Waals surface area contributed by atoms with Crippen LogP contribution in [-0.4, -0.2) is 123 Å². The average molecular weight is 1160 g/mol. The van der Waals surface area contributed by atoms with Gasteiger partial charge in [-0.05, 0) is 91.9 Å². The number of carbonyl (C=O) groups is 7. The van der Waals surface area contributed by atoms with Crippen molar-refractivity contribution in [2.45, 2.75) is 68.3 Å². The van der Waals surface area contributed by atoms with Crippen LogP contribution >= 0.6 is 8.25 Å². The molecular weight excluding hydrogens is 1110 g/mol. The average Bonchev–Trinajstić information content (AvgIpc) is 3.71. The topological polar surface area (TPSA) is 247 Å². The summed E-state index contributed by atoms with van der Waals surface area (Å²) < 4.78 is 87.8. The lowest BCUT2D eigenvalue weighted by molar-refractivity contribution is -0.349. The second kappa shape index (κ2) is 29.1. The zero-order valence-electron chi connectivity index (χ0n) is 44.7. The van der Waals surface area contributed by atoms with Crippen molar-refractivity contribution in [3.05, 3.63) is 251 Å². The SMILES string of the molecule is CCO[P+](=O)O[C@H]1O[C@H](COC(=O)c2ccccc2)[C@@H](O[C@@H]2O[C@H](COC(=O)c3ccccc3)[C@H](OC(=O)c3ccccc3)[C@H](OC(=O)c3ccccc3)[C@H]2OC(=O)c2ccccc2)[C@H](OC(=O)c2ccccc2)[C@@H]1OC(=O)c1ccccc1. The fourth-order valence-corrected chi connectivity index (χ4v) is 9.49. The van der Waals surface area contributed by atoms with Crippen molar-refractivity contribution < 1.29 is 94.5 Å². The van der Waals surface area contributed by atoms with Gasteiger partial charge >= 0.3 is 50.0 Å². The largest absolute Gasteiger partial charge is 0.700 e. The predicted octanol–water partition coefficient (Wildman–Crippen LogP) is 9.37. The number of benzene rings is 7. The van der Waals surface area contributed by atoms with Gasteiger partial charge in [0.2, 0.25) is 0 Å². The third kappa shape index (κ3) is 15.4. The summed E-state index contributed by atoms with van der Waals surface area (Å²) in [5.74, 6) is -6.89. The molecule has 11 atom stereocenters. The van der Waals surface area contributed by atoms with Crippen LogP contribution in [0, 0.1) is 0 Å². The fourth-order valence-electron chi connectivity index (χ4n) is 8.88. The fraction of sp³-hybridized carbons (Fsp3) is 0.222. The molecule has 2 fully saturated rings. The molecule has 0 aromatic heterocycles. The van der Waals surface area contributed by atoms with Crippen molar-refractivity contribution >= 4 is 50.0 Å². The van der Waals surface area contributed by atoms with Crippen molar-refractivity contribution in [2.75, 3.05) is 19.8 Å². The van der Waals surface area contributed by atoms with Gasteiger partial charge in [0.15, 0.2) is 36.8 Å². The smallest absolute Gasteiger partial charge is 0.459 e. The summed E-state index contributed by atoms with van der Waals surface area (Å²) in [4.78, 5) is 99.9. The molecule has 0 N–H and O–H groups in total. The number of hydrogen-bond donors (Lipinski definition) is 0. The van der Waals surface area contributed by atoms with Crippen molar-refractivity contribution in [3.63, 3.8) is 0 Å². The molecule has 7 aromatic rings. The molecule has 0 spiro atoms. The lowest BCUT2D eigenvalue weighted by Gasteiger charge is -2.48. The van der Waals surface area contributed by atoms with Gasteiger partial charge in [0.25, 0.3) is 6.29 Å². The van der Waals surface area contributed by atoms with Crippen LogP contribution in [0.1, 0.15) is 79.4 Å². The molecule has 20 nitrogen and oxygen atoms in total. The predicted molar refractivity (Wildman–Crippen MR) is 294 cm³/mol. The van der Waals surface area contributed by atoms with Gasteiger partial charge in [-0.3, -0.25) is 0 Å². The molecule has 2 aliphatic heterocycles. The monoisotopic (exact) mass is 1160 g/mol. The van der Waals surface area contributed by atoms with Gasteiger partial charge in [0.05, 0.1) is 38.9 Å². The summed E-state index contributed by atoms with van der Waals surface area (Å²) in [6, 6.07) is 53.8. The van der Waals surface area contributed by atoms with E-state index in [1.54, 1.807) is 127 Å². The van der Waals surface area contributed by atoms with Gasteiger partial charge in [0.1, 0.15) is 38.1 Å². The van der Waals surface area contributed by atoms with Gasteiger partial charge in [0, 0.05) is 4.57 Å². The second-order valence-electron chi connectivity index (χ2n) is 18.5. The van der Waals surface area contributed by atoms with Crippen LogP contribution in [0.4, 0.5) is 0 Å². The van der Waals surface area contributed by atoms with Gasteiger partial charge in [-0.15, -0.1) is 4.52 Å². The van der Waals surface area contributed by atoms with E-state index in [-0.39, 0.29) is 45.6 Å². The molecule has 0 aliphatic carbocycles. The van der Waals surface area contributed by atoms with Crippen LogP contribution in [0.15, 0.2) is 212 Å². The Balaban J connectivity index is 1.22. The third-order valence-electron chi connectivity index (χ3n) is 12.9. The van der Waals surface area contributed by atoms with Crippen molar-refractivity contribution in [1.82, 2.24) is 0 Å². The van der Waals surface area contributed by atoms with Crippen LogP contribution < -0.4 is 0 Å². The number of rotatable bonds is 22. The van der Waals surface area contributed by atoms with E-state index in [1.807, 2.05) is 0 Å². The second-order valence-corrected chi connectivity index (χ2v) is 19.5. The molecule has 2 aliphatic rings. The molecule has 9 rings (SSSR count). The van der Waals surface area contributed by atoms with Gasteiger partial charge in [-0.25, -0.2) is 33.6 Å². The first kappa shape index (κ1) is 59.4. The van der Waals surface area contributed by atoms with E-state index in [1.165, 1.54) is 91.9 Å². The summed E-state index contributed by atoms with van der Waals surface area (Å²) in [5.41, 5.74) is 0.148. The highest BCUT2D eigenvalue weighted by molar-refractivity contribution is 7.33. The highest BCUT2D eigenvalue weighted by Gasteiger charge is 2.60. The Kier molecular flexibility index (Phi) is 20.6. The lowest BCUT2D eigenvalue weighted by atomic mass is 9.95. The van der Waals surface area contributed by atoms with Gasteiger partial charge in [-0.2, -0.15) is 0 Å². The molecule has 7 aromatic carbocycles. The van der Waals surface area contributed by atoms with E-state index < -0.39 is 125 Å². The highest BCUT2D eigenvalue weighted by Crippen LogP contribution is 2.40. The molecule has 21 heteroatoms. The molecule has 0 bridgehead atoms. The highest BCUT2D eigenvalue weighted by atomic mass is 31.1. The van der Waals surface area contributed by atoms with Gasteiger partial charge < -0.3 is 47.4 Å². The van der Waals surface area contributed by atoms with E-state index in [2.05, 4.69) is 0 Å². The third-order valence-corrected chi connectivity index (χ3v) is 13.8. The molecule has 0 amide bonds. The summed E-state index contributed by atoms with van der Waals surface area (Å²) in [6.45, 7) is -0.174. The molecule has 2 saturated heterocycles. The summed E-state index contributed by atoms with van der Waals surface area (Å²) in [7, 11) is -3.10. The van der Waals surface area contributed by atoms with E-state index in [4.69, 9.17) is 56.4 Å². The molecule has 1 unspecified atom stereocenters. The maximum Gasteiger partial charge on any atom is 0.700 e. The quantitative estimate of drug-likeness (QED) is 0.0348. The maximum absolute atomic E-state index is 14.6. The lowest BCUT2D eigenvalue weighted by Crippen LogP contribution is -2.67. The maximum atomic E-state index is 14.6. The van der Waals surface area contributed by atoms with E-state index >= 15 is 0 Å². The Morgan fingerprint density at radius 1 is 0.345 bits per heavy atom. The standard InChI is InChI=1S/C63H54O20P/c1-2-74-84(71)83-63-54(81-61(70)46-36-22-9-23-37-46)52(79-59(68)44-32-18-7-19-33-44)50(48(76-63)39-73-56(65)41-26-12-4-13-27-41)82-62-53(80-60(69)45-34-20-8-21-35-45)51(78-58(67)43-30-16-6-17-31-43)49(77-57(66)42-28-14-5-15-29-42)47(75-62)38-72-55(64)40-24-10-3-11-25-40/h3-37,47-54,62-63H,2,38-39H2,1H3/q+1/t47-,48-,49+,50-,51+,52+,53-,54+,62+,63-/m1/s1. The molecule has 430 valence electrons. The Hall–Kier alpha value is -9.27. The van der Waals surface area contributed by atoms with Crippen LogP contribution in [0.25, 0.3) is 0 Å². The zero-order chi connectivity index (χ0) is 58.8. The van der Waals surface area contributed by atoms with Crippen molar-refractivity contribution in [3.8, 4) is 0 Å². The first-order valence-corrected chi connectivity index (χ1v) is 27.5. The zero-order valence-corrected chi connectivity index (χ0v) is 45.6. The van der Waals surface area contributed by atoms with Crippen LogP contribution in [0.2, 0.25) is 0 Å². The number of esters is 7. The van der Waals surface area contributed by atoms with Crippen molar-refractivity contribution in [1.29, 1.82) is 0 Å². The van der Waals surface area contributed by atoms with Crippen molar-refractivity contribution in [2.24, 2.45) is 0 Å². The molecule has 0 saturated carbocycles. The minimum atomic E-state index is -3.10. The minimum Gasteiger partial charge on any atom is -0.459 e. The minimum absolute atomic E-state index is 0.00877. The Morgan fingerprint density at radius 2 is 0.607 bits per heavy atom. The Morgan fingerprint density at radius 3 is 0.940 bits per heavy atom. The molecule has 84 heavy (non-hydrogen) atoms. The first-order valence-electron chi connectivity index (χ1n) is 26.4.